The Balaban J connectivity index is -0.000000122. The van der Waals surface area contributed by atoms with Gasteiger partial charge in [-0.05, 0) is 53.4 Å². The van der Waals surface area contributed by atoms with Crippen LogP contribution in [0.1, 0.15) is 81.1 Å². The Morgan fingerprint density at radius 3 is 0.514 bits per heavy atom. The summed E-state index contributed by atoms with van der Waals surface area (Å²) in [4.78, 5) is 81.7. The summed E-state index contributed by atoms with van der Waals surface area (Å²) in [6.07, 6.45) is 1.27. The first-order valence-corrected chi connectivity index (χ1v) is 11.2. The molecule has 4 unspecified atom stereocenters. The summed E-state index contributed by atoms with van der Waals surface area (Å²) in [7, 11) is 0. The van der Waals surface area contributed by atoms with Gasteiger partial charge in [0.2, 0.25) is 0 Å². The number of hydrogen-bond donors (Lipinski definition) is 0. The maximum Gasteiger partial charge on any atom is 4.00 e. The van der Waals surface area contributed by atoms with Crippen LogP contribution in [0.2, 0.25) is 0 Å². The summed E-state index contributed by atoms with van der Waals surface area (Å²) in [5, 5.41) is 40.2. The fourth-order valence-corrected chi connectivity index (χ4v) is 2.48. The third kappa shape index (κ3) is 23.6. The number of rotatable bonds is 12. The van der Waals surface area contributed by atoms with E-state index in [0.29, 0.717) is 25.7 Å². The van der Waals surface area contributed by atoms with Crippen LogP contribution in [0.15, 0.2) is 0 Å². The van der Waals surface area contributed by atoms with Gasteiger partial charge in [-0.1, -0.05) is 27.7 Å². The fraction of sp³-hybridized carbons (Fsp3) is 0.667. The molecule has 0 aromatic rings. The monoisotopic (exact) mass is 606 g/mol. The second-order valence-electron chi connectivity index (χ2n) is 7.56. The van der Waals surface area contributed by atoms with Gasteiger partial charge in [0.15, 0.2) is 0 Å². The van der Waals surface area contributed by atoms with Crippen LogP contribution in [0.4, 0.5) is 0 Å². The van der Waals surface area contributed by atoms with Gasteiger partial charge < -0.3 is 39.6 Å². The number of Topliss-reactive ketones (excluding diaryl/α,β-unsaturated/α-hetero) is 4. The van der Waals surface area contributed by atoms with Crippen molar-refractivity contribution in [2.24, 2.45) is 23.7 Å². The quantitative estimate of drug-likeness (QED) is 0.208. The minimum atomic E-state index is -1.27. The van der Waals surface area contributed by atoms with Gasteiger partial charge in [0, 0.05) is 0 Å². The Morgan fingerprint density at radius 2 is 0.514 bits per heavy atom. The number of aliphatic carboxylic acids is 4. The van der Waals surface area contributed by atoms with Crippen molar-refractivity contribution < 1.29 is 85.0 Å². The molecule has 0 amide bonds. The second kappa shape index (κ2) is 25.1. The van der Waals surface area contributed by atoms with Gasteiger partial charge in [0.1, 0.15) is 23.1 Å². The summed E-state index contributed by atoms with van der Waals surface area (Å²) in [5.41, 5.74) is 0. The topological polar surface area (TPSA) is 229 Å². The van der Waals surface area contributed by atoms with E-state index in [0.717, 1.165) is 0 Å². The van der Waals surface area contributed by atoms with Crippen LogP contribution < -0.4 is 20.4 Å². The smallest absolute Gasteiger partial charge is 0.549 e. The number of carbonyl (C=O) groups excluding carboxylic acids is 8. The van der Waals surface area contributed by atoms with E-state index >= 15 is 0 Å². The van der Waals surface area contributed by atoms with Gasteiger partial charge in [-0.3, -0.25) is 19.2 Å². The molecular formula is C24H36O12Zr. The van der Waals surface area contributed by atoms with Gasteiger partial charge in [0.05, 0.1) is 47.5 Å². The largest absolute Gasteiger partial charge is 4.00 e. The van der Waals surface area contributed by atoms with Crippen molar-refractivity contribution in [1.29, 1.82) is 0 Å². The Labute approximate surface area is 236 Å². The van der Waals surface area contributed by atoms with Crippen LogP contribution in [0.25, 0.3) is 0 Å². The molecule has 0 radical (unpaired) electrons. The molecule has 0 aliphatic heterocycles. The molecule has 0 saturated heterocycles. The molecule has 12 nitrogen and oxygen atoms in total. The van der Waals surface area contributed by atoms with Crippen molar-refractivity contribution >= 4 is 47.0 Å². The molecule has 0 aliphatic rings. The SMILES string of the molecule is CCC(C(C)=O)C(=O)[O-].CCC(C(C)=O)C(=O)[O-].CCC(C(C)=O)C(=O)[O-].CCC(C(C)=O)C(=O)[O-].[Zr+4]. The van der Waals surface area contributed by atoms with E-state index in [9.17, 15) is 58.8 Å². The van der Waals surface area contributed by atoms with Crippen molar-refractivity contribution in [3.8, 4) is 0 Å². The van der Waals surface area contributed by atoms with Crippen LogP contribution in [0.3, 0.4) is 0 Å². The Morgan fingerprint density at radius 1 is 0.405 bits per heavy atom. The summed E-state index contributed by atoms with van der Waals surface area (Å²) in [6.45, 7) is 11.6. The molecule has 0 spiro atoms. The predicted molar refractivity (Wildman–Crippen MR) is 118 cm³/mol. The molecule has 0 heterocycles. The van der Waals surface area contributed by atoms with Crippen molar-refractivity contribution in [2.45, 2.75) is 81.1 Å². The summed E-state index contributed by atoms with van der Waals surface area (Å²) in [5.74, 6) is -10.1. The number of carbonyl (C=O) groups is 8. The van der Waals surface area contributed by atoms with Gasteiger partial charge in [-0.15, -0.1) is 0 Å². The van der Waals surface area contributed by atoms with E-state index < -0.39 is 47.5 Å². The Hall–Kier alpha value is -2.56. The molecule has 0 aliphatic carbocycles. The summed E-state index contributed by atoms with van der Waals surface area (Å²) >= 11 is 0. The number of hydrogen-bond acceptors (Lipinski definition) is 12. The molecule has 208 valence electrons. The minimum absolute atomic E-state index is 0. The van der Waals surface area contributed by atoms with Crippen LogP contribution in [-0.2, 0) is 64.6 Å². The zero-order valence-electron chi connectivity index (χ0n) is 22.5. The molecule has 0 N–H and O–H groups in total. The third-order valence-corrected chi connectivity index (χ3v) is 4.73. The maximum absolute atomic E-state index is 10.4. The third-order valence-electron chi connectivity index (χ3n) is 4.73. The van der Waals surface area contributed by atoms with E-state index in [2.05, 4.69) is 0 Å². The van der Waals surface area contributed by atoms with E-state index in [1.165, 1.54) is 27.7 Å². The number of ketones is 4. The van der Waals surface area contributed by atoms with E-state index in [1.54, 1.807) is 27.7 Å². The maximum atomic E-state index is 10.4. The second-order valence-corrected chi connectivity index (χ2v) is 7.56. The zero-order chi connectivity index (χ0) is 29.8. The molecule has 0 bridgehead atoms. The minimum Gasteiger partial charge on any atom is -0.549 e. The van der Waals surface area contributed by atoms with E-state index in [4.69, 9.17) is 0 Å². The van der Waals surface area contributed by atoms with Gasteiger partial charge in [-0.2, -0.15) is 0 Å². The fourth-order valence-electron chi connectivity index (χ4n) is 2.48. The predicted octanol–water partition coefficient (Wildman–Crippen LogP) is -2.60. The van der Waals surface area contributed by atoms with Crippen molar-refractivity contribution in [3.05, 3.63) is 0 Å². The summed E-state index contributed by atoms with van der Waals surface area (Å²) in [6, 6.07) is 0. The molecule has 0 saturated carbocycles. The first-order chi connectivity index (χ1) is 16.4. The molecule has 0 fully saturated rings. The van der Waals surface area contributed by atoms with Gasteiger partial charge in [-0.25, -0.2) is 0 Å². The van der Waals surface area contributed by atoms with Crippen LogP contribution in [0.5, 0.6) is 0 Å². The standard InChI is InChI=1S/4C6H10O3.Zr/c4*1-3-5(4(2)7)6(8)9;/h4*5H,3H2,1-2H3,(H,8,9);/q;;;;+4/p-4. The number of carboxylic acids is 4. The average molecular weight is 608 g/mol. The molecule has 37 heavy (non-hydrogen) atoms. The molecule has 13 heteroatoms. The van der Waals surface area contributed by atoms with E-state index in [-0.39, 0.29) is 49.3 Å². The molecular weight excluding hydrogens is 571 g/mol. The van der Waals surface area contributed by atoms with Crippen molar-refractivity contribution in [3.63, 3.8) is 0 Å². The average Bonchev–Trinajstić information content (AvgIpc) is 2.69. The van der Waals surface area contributed by atoms with Gasteiger partial charge >= 0.3 is 26.2 Å². The zero-order valence-corrected chi connectivity index (χ0v) is 25.0. The van der Waals surface area contributed by atoms with E-state index in [1.807, 2.05) is 0 Å². The van der Waals surface area contributed by atoms with Crippen LogP contribution >= 0.6 is 0 Å². The first-order valence-electron chi connectivity index (χ1n) is 11.2. The molecule has 4 atom stereocenters. The van der Waals surface area contributed by atoms with Gasteiger partial charge in [0.25, 0.3) is 0 Å². The normalized spacial score (nSPS) is 12.3. The molecule has 0 rings (SSSR count). The molecule has 0 aromatic carbocycles. The molecule has 0 aromatic heterocycles. The van der Waals surface area contributed by atoms with Crippen molar-refractivity contribution in [1.82, 2.24) is 0 Å². The Bertz CT molecular complexity index is 592. The first kappa shape index (κ1) is 44.4. The van der Waals surface area contributed by atoms with Crippen LogP contribution in [0, 0.1) is 23.7 Å². The summed E-state index contributed by atoms with van der Waals surface area (Å²) < 4.78 is 0. The van der Waals surface area contributed by atoms with Crippen LogP contribution in [-0.4, -0.2) is 47.0 Å². The Kier molecular flexibility index (Phi) is 30.2. The number of carboxylic acid groups (broad SMARTS) is 4. The van der Waals surface area contributed by atoms with Crippen molar-refractivity contribution in [2.75, 3.05) is 0 Å².